The van der Waals surface area contributed by atoms with Gasteiger partial charge in [0.25, 0.3) is 0 Å². The van der Waals surface area contributed by atoms with E-state index >= 15 is 0 Å². The zero-order valence-corrected chi connectivity index (χ0v) is 18.8. The smallest absolute Gasteiger partial charge is 0.410 e. The lowest BCUT2D eigenvalue weighted by atomic mass is 10.2. The van der Waals surface area contributed by atoms with Crippen LogP contribution in [0.1, 0.15) is 32.0 Å². The fourth-order valence-corrected chi connectivity index (χ4v) is 3.19. The minimum Gasteiger partial charge on any atom is -0.466 e. The normalized spacial score (nSPS) is 14.7. The van der Waals surface area contributed by atoms with Gasteiger partial charge in [-0.3, -0.25) is 19.3 Å². The molecule has 0 bridgehead atoms. The van der Waals surface area contributed by atoms with Crippen molar-refractivity contribution in [2.45, 2.75) is 32.9 Å². The number of nitrogens with zero attached hydrogens (tertiary/aromatic N) is 4. The van der Waals surface area contributed by atoms with Crippen LogP contribution in [0.25, 0.3) is 6.08 Å². The third-order valence-corrected chi connectivity index (χ3v) is 4.71. The van der Waals surface area contributed by atoms with Gasteiger partial charge in [0.2, 0.25) is 5.91 Å². The molecule has 0 aliphatic carbocycles. The highest BCUT2D eigenvalue weighted by atomic mass is 16.6. The Morgan fingerprint density at radius 2 is 1.88 bits per heavy atom. The van der Waals surface area contributed by atoms with E-state index in [0.717, 1.165) is 5.56 Å². The Morgan fingerprint density at radius 3 is 2.50 bits per heavy atom. The van der Waals surface area contributed by atoms with Crippen molar-refractivity contribution < 1.29 is 23.9 Å². The summed E-state index contributed by atoms with van der Waals surface area (Å²) in [6.45, 7) is 6.35. The third kappa shape index (κ3) is 5.96. The highest BCUT2D eigenvalue weighted by molar-refractivity contribution is 5.97. The van der Waals surface area contributed by atoms with Gasteiger partial charge in [0.05, 0.1) is 19.3 Å². The zero-order chi connectivity index (χ0) is 23.3. The summed E-state index contributed by atoms with van der Waals surface area (Å²) in [5, 5.41) is 4.60. The molecule has 32 heavy (non-hydrogen) atoms. The van der Waals surface area contributed by atoms with E-state index < -0.39 is 17.7 Å². The molecular weight excluding hydrogens is 412 g/mol. The number of ether oxygens (including phenoxy) is 2. The summed E-state index contributed by atoms with van der Waals surface area (Å²) in [6.07, 6.45) is 2.40. The lowest BCUT2D eigenvalue weighted by molar-refractivity contribution is -0.134. The number of amides is 2. The van der Waals surface area contributed by atoms with Crippen molar-refractivity contribution >= 4 is 29.9 Å². The Hall–Kier alpha value is -3.62. The Balaban J connectivity index is 1.80. The molecule has 0 unspecified atom stereocenters. The number of piperazine rings is 1. The zero-order valence-electron chi connectivity index (χ0n) is 18.8. The molecule has 1 aliphatic rings. The van der Waals surface area contributed by atoms with E-state index in [1.54, 1.807) is 37.6 Å². The standard InChI is InChI=1S/C23H28N4O5/c1-23(2,3)32-22(30)25-12-13-26(20(28)16-25)19-14-18(10-11-21(29)31-4)27(24-19)15-17-8-6-5-7-9-17/h5-11,14H,12-13,15-16H2,1-4H3/b11-10+. The Morgan fingerprint density at radius 1 is 1.16 bits per heavy atom. The molecule has 3 rings (SSSR count). The molecule has 1 fully saturated rings. The molecule has 9 heteroatoms. The molecule has 1 saturated heterocycles. The van der Waals surface area contributed by atoms with Gasteiger partial charge in [-0.2, -0.15) is 5.10 Å². The quantitative estimate of drug-likeness (QED) is 0.524. The first-order valence-corrected chi connectivity index (χ1v) is 10.3. The minimum atomic E-state index is -0.631. The average molecular weight is 441 g/mol. The molecule has 1 aromatic heterocycles. The minimum absolute atomic E-state index is 0.0895. The second kappa shape index (κ2) is 9.67. The number of anilines is 1. The number of esters is 1. The Labute approximate surface area is 187 Å². The molecule has 0 atom stereocenters. The maximum atomic E-state index is 12.8. The summed E-state index contributed by atoms with van der Waals surface area (Å²) in [7, 11) is 1.31. The SMILES string of the molecule is COC(=O)/C=C/c1cc(N2CCN(C(=O)OC(C)(C)C)CC2=O)nn1Cc1ccccc1. The van der Waals surface area contributed by atoms with Gasteiger partial charge in [-0.05, 0) is 32.4 Å². The van der Waals surface area contributed by atoms with Crippen molar-refractivity contribution in [2.24, 2.45) is 0 Å². The van der Waals surface area contributed by atoms with E-state index in [-0.39, 0.29) is 12.5 Å². The van der Waals surface area contributed by atoms with Gasteiger partial charge in [0.15, 0.2) is 5.82 Å². The molecule has 0 spiro atoms. The van der Waals surface area contributed by atoms with Crippen LogP contribution in [-0.2, 0) is 25.6 Å². The number of carbonyl (C=O) groups excluding carboxylic acids is 3. The van der Waals surface area contributed by atoms with Crippen LogP contribution in [0.4, 0.5) is 10.6 Å². The van der Waals surface area contributed by atoms with Gasteiger partial charge < -0.3 is 9.47 Å². The lowest BCUT2D eigenvalue weighted by Gasteiger charge is -2.34. The summed E-state index contributed by atoms with van der Waals surface area (Å²) < 4.78 is 11.8. The maximum Gasteiger partial charge on any atom is 0.410 e. The van der Waals surface area contributed by atoms with Crippen LogP contribution >= 0.6 is 0 Å². The molecule has 1 aliphatic heterocycles. The van der Waals surface area contributed by atoms with Crippen LogP contribution < -0.4 is 4.90 Å². The van der Waals surface area contributed by atoms with Gasteiger partial charge in [0.1, 0.15) is 12.1 Å². The first kappa shape index (κ1) is 23.1. The molecule has 2 heterocycles. The van der Waals surface area contributed by atoms with Crippen molar-refractivity contribution in [1.82, 2.24) is 14.7 Å². The van der Waals surface area contributed by atoms with Crippen molar-refractivity contribution in [2.75, 3.05) is 31.6 Å². The summed E-state index contributed by atoms with van der Waals surface area (Å²) in [4.78, 5) is 39.6. The van der Waals surface area contributed by atoms with Crippen molar-refractivity contribution in [1.29, 1.82) is 0 Å². The topological polar surface area (TPSA) is 94.0 Å². The molecule has 0 N–H and O–H groups in total. The average Bonchev–Trinajstić information content (AvgIpc) is 3.13. The van der Waals surface area contributed by atoms with Crippen LogP contribution in [0.5, 0.6) is 0 Å². The number of carbonyl (C=O) groups is 3. The molecular formula is C23H28N4O5. The molecule has 1 aromatic carbocycles. The second-order valence-corrected chi connectivity index (χ2v) is 8.37. The monoisotopic (exact) mass is 440 g/mol. The van der Waals surface area contributed by atoms with E-state index in [2.05, 4.69) is 9.84 Å². The van der Waals surface area contributed by atoms with Gasteiger partial charge in [-0.15, -0.1) is 0 Å². The van der Waals surface area contributed by atoms with Crippen LogP contribution in [0.3, 0.4) is 0 Å². The first-order chi connectivity index (χ1) is 15.2. The van der Waals surface area contributed by atoms with Gasteiger partial charge in [-0.25, -0.2) is 9.59 Å². The summed E-state index contributed by atoms with van der Waals surface area (Å²) in [5.74, 6) is -0.282. The fourth-order valence-electron chi connectivity index (χ4n) is 3.19. The lowest BCUT2D eigenvalue weighted by Crippen LogP contribution is -2.53. The van der Waals surface area contributed by atoms with Crippen LogP contribution in [0.15, 0.2) is 42.5 Å². The summed E-state index contributed by atoms with van der Waals surface area (Å²) >= 11 is 0. The number of aromatic nitrogens is 2. The summed E-state index contributed by atoms with van der Waals surface area (Å²) in [6, 6.07) is 11.5. The third-order valence-electron chi connectivity index (χ3n) is 4.71. The number of hydrogen-bond donors (Lipinski definition) is 0. The molecule has 2 amide bonds. The molecule has 0 saturated carbocycles. The predicted octanol–water partition coefficient (Wildman–Crippen LogP) is 2.70. The van der Waals surface area contributed by atoms with Crippen molar-refractivity contribution in [3.05, 3.63) is 53.7 Å². The molecule has 170 valence electrons. The highest BCUT2D eigenvalue weighted by Crippen LogP contribution is 2.21. The van der Waals surface area contributed by atoms with E-state index in [9.17, 15) is 14.4 Å². The van der Waals surface area contributed by atoms with E-state index in [4.69, 9.17) is 4.74 Å². The highest BCUT2D eigenvalue weighted by Gasteiger charge is 2.32. The largest absolute Gasteiger partial charge is 0.466 e. The second-order valence-electron chi connectivity index (χ2n) is 8.37. The summed E-state index contributed by atoms with van der Waals surface area (Å²) in [5.41, 5.74) is 1.04. The van der Waals surface area contributed by atoms with Crippen molar-refractivity contribution in [3.8, 4) is 0 Å². The molecule has 9 nitrogen and oxygen atoms in total. The number of methoxy groups -OCH3 is 1. The van der Waals surface area contributed by atoms with Crippen LogP contribution in [-0.4, -0.2) is 65.0 Å². The number of hydrogen-bond acceptors (Lipinski definition) is 6. The maximum absolute atomic E-state index is 12.8. The van der Waals surface area contributed by atoms with Crippen LogP contribution in [0, 0.1) is 0 Å². The molecule has 2 aromatic rings. The van der Waals surface area contributed by atoms with Crippen LogP contribution in [0.2, 0.25) is 0 Å². The van der Waals surface area contributed by atoms with Gasteiger partial charge in [0, 0.05) is 25.2 Å². The number of rotatable bonds is 5. The molecule has 0 radical (unpaired) electrons. The van der Waals surface area contributed by atoms with E-state index in [0.29, 0.717) is 31.1 Å². The van der Waals surface area contributed by atoms with Gasteiger partial charge >= 0.3 is 12.1 Å². The van der Waals surface area contributed by atoms with E-state index in [1.807, 2.05) is 30.3 Å². The first-order valence-electron chi connectivity index (χ1n) is 10.3. The number of benzene rings is 1. The fraction of sp³-hybridized carbons (Fsp3) is 0.391. The van der Waals surface area contributed by atoms with Gasteiger partial charge in [-0.1, -0.05) is 30.3 Å². The van der Waals surface area contributed by atoms with Crippen molar-refractivity contribution in [3.63, 3.8) is 0 Å². The van der Waals surface area contributed by atoms with E-state index in [1.165, 1.54) is 23.0 Å². The Bertz CT molecular complexity index is 1010. The predicted molar refractivity (Wildman–Crippen MR) is 119 cm³/mol. The Kier molecular flexibility index (Phi) is 6.97.